The van der Waals surface area contributed by atoms with Crippen LogP contribution in [0.3, 0.4) is 0 Å². The molecule has 0 bridgehead atoms. The molecule has 1 aromatic heterocycles. The molecule has 1 aliphatic rings. The number of ketones is 1. The van der Waals surface area contributed by atoms with E-state index in [0.29, 0.717) is 41.0 Å². The van der Waals surface area contributed by atoms with Gasteiger partial charge in [0.25, 0.3) is 0 Å². The van der Waals surface area contributed by atoms with Crippen LogP contribution in [0.5, 0.6) is 17.2 Å². The Hall–Kier alpha value is -5.81. The Morgan fingerprint density at radius 3 is 1.94 bits per heavy atom. The Morgan fingerprint density at radius 2 is 1.34 bits per heavy atom. The van der Waals surface area contributed by atoms with E-state index < -0.39 is 12.0 Å². The van der Waals surface area contributed by atoms with Gasteiger partial charge in [-0.05, 0) is 123 Å². The second kappa shape index (κ2) is 27.4. The number of carbonyl (C=O) groups is 3. The van der Waals surface area contributed by atoms with E-state index in [2.05, 4.69) is 77.9 Å². The maximum atomic E-state index is 14.2. The molecule has 0 unspecified atom stereocenters. The molecule has 1 fully saturated rings. The highest BCUT2D eigenvalue weighted by Crippen LogP contribution is 2.42. The van der Waals surface area contributed by atoms with Crippen molar-refractivity contribution in [2.75, 3.05) is 39.5 Å². The van der Waals surface area contributed by atoms with Crippen molar-refractivity contribution in [1.29, 1.82) is 0 Å². The molecule has 5 rings (SSSR count). The first-order valence-electron chi connectivity index (χ1n) is 22.6. The zero-order valence-electron chi connectivity index (χ0n) is 37.6. The third kappa shape index (κ3) is 16.4. The number of nitrogens with zero attached hydrogens (tertiary/aromatic N) is 1. The van der Waals surface area contributed by atoms with Crippen LogP contribution in [0.25, 0.3) is 20.5 Å². The second-order valence-corrected chi connectivity index (χ2v) is 16.9. The zero-order valence-corrected chi connectivity index (χ0v) is 38.4. The van der Waals surface area contributed by atoms with E-state index in [1.54, 1.807) is 54.6 Å². The van der Waals surface area contributed by atoms with Crippen LogP contribution in [0, 0.1) is 5.92 Å². The van der Waals surface area contributed by atoms with Gasteiger partial charge in [-0.3, -0.25) is 14.5 Å². The molecule has 2 heterocycles. The molecule has 3 aromatic carbocycles. The number of allylic oxidation sites excluding steroid dienone is 12. The van der Waals surface area contributed by atoms with E-state index in [0.717, 1.165) is 86.5 Å². The van der Waals surface area contributed by atoms with Crippen LogP contribution in [-0.2, 0) is 14.3 Å². The van der Waals surface area contributed by atoms with Crippen molar-refractivity contribution in [1.82, 2.24) is 10.2 Å². The van der Waals surface area contributed by atoms with E-state index >= 15 is 0 Å². The molecular formula is C54H64N2O7S. The Morgan fingerprint density at radius 1 is 0.766 bits per heavy atom. The van der Waals surface area contributed by atoms with Gasteiger partial charge < -0.3 is 24.6 Å². The highest BCUT2D eigenvalue weighted by atomic mass is 32.1. The third-order valence-corrected chi connectivity index (χ3v) is 11.7. The van der Waals surface area contributed by atoms with Crippen LogP contribution in [-0.4, -0.2) is 73.2 Å². The number of benzene rings is 3. The molecule has 1 amide bonds. The lowest BCUT2D eigenvalue weighted by atomic mass is 9.97. The van der Waals surface area contributed by atoms with Crippen LogP contribution < -0.4 is 14.8 Å². The quantitative estimate of drug-likeness (QED) is 0.0293. The summed E-state index contributed by atoms with van der Waals surface area (Å²) in [6.07, 6.45) is 32.2. The number of ether oxygens (including phenoxy) is 3. The lowest BCUT2D eigenvalue weighted by Gasteiger charge is -2.26. The van der Waals surface area contributed by atoms with Crippen LogP contribution in [0.15, 0.2) is 140 Å². The summed E-state index contributed by atoms with van der Waals surface area (Å²) in [6, 6.07) is 18.3. The SMILES string of the molecule is CC/C=C\C/C=C\C/C=C\C/C=C\C/C=C\C/C=C\CCC(=O)N[C@H](C(=O)Oc1ccc2c(C(=O)c3ccc(OCCN4CCOCC4)cc3)c(-c3ccc(O)cc3)sc2c1)C(C)C. The Balaban J connectivity index is 1.12. The van der Waals surface area contributed by atoms with Gasteiger partial charge in [0.15, 0.2) is 5.78 Å². The summed E-state index contributed by atoms with van der Waals surface area (Å²) in [7, 11) is 0. The van der Waals surface area contributed by atoms with E-state index in [-0.39, 0.29) is 29.8 Å². The van der Waals surface area contributed by atoms with Crippen molar-refractivity contribution in [2.24, 2.45) is 5.92 Å². The average molecular weight is 885 g/mol. The fourth-order valence-electron chi connectivity index (χ4n) is 6.92. The van der Waals surface area contributed by atoms with Crippen molar-refractivity contribution >= 4 is 39.1 Å². The Kier molecular flexibility index (Phi) is 21.1. The highest BCUT2D eigenvalue weighted by molar-refractivity contribution is 7.22. The van der Waals surface area contributed by atoms with Crippen LogP contribution in [0.1, 0.15) is 88.1 Å². The fraction of sp³-hybridized carbons (Fsp3) is 0.352. The molecule has 1 saturated heterocycles. The van der Waals surface area contributed by atoms with Gasteiger partial charge in [-0.2, -0.15) is 0 Å². The number of hydrogen-bond acceptors (Lipinski definition) is 9. The van der Waals surface area contributed by atoms with Crippen LogP contribution >= 0.6 is 11.3 Å². The standard InChI is InChI=1S/C54H64N2O7S/c1-4-5-6-7-8-9-10-11-12-13-14-15-16-17-18-19-20-21-22-23-49(58)55-51(41(2)3)54(60)63-46-32-33-47-48(40-46)64-53(43-24-28-44(57)29-25-43)50(47)52(59)42-26-30-45(31-27-42)62-39-36-56-34-37-61-38-35-56/h5-6,8-9,11-12,14-15,17-18,20-21,24-33,40-41,51,57H,4,7,10,13,16,19,22-23,34-39H2,1-3H3,(H,55,58)/b6-5-,9-8-,12-11-,15-14-,18-17-,21-20-/t51-/m0/s1. The normalized spacial score (nSPS) is 14.4. The number of carbonyl (C=O) groups excluding carboxylic acids is 3. The van der Waals surface area contributed by atoms with E-state index in [1.165, 1.54) is 11.3 Å². The molecule has 64 heavy (non-hydrogen) atoms. The van der Waals surface area contributed by atoms with Crippen molar-refractivity contribution in [3.63, 3.8) is 0 Å². The van der Waals surface area contributed by atoms with Gasteiger partial charge in [0.05, 0.1) is 13.2 Å². The van der Waals surface area contributed by atoms with Crippen LogP contribution in [0.4, 0.5) is 0 Å². The predicted octanol–water partition coefficient (Wildman–Crippen LogP) is 11.7. The molecule has 10 heteroatoms. The number of thiophene rings is 1. The Labute approximate surface area is 383 Å². The highest BCUT2D eigenvalue weighted by Gasteiger charge is 2.27. The molecule has 0 saturated carbocycles. The Bertz CT molecular complexity index is 2260. The average Bonchev–Trinajstić information content (AvgIpc) is 3.68. The summed E-state index contributed by atoms with van der Waals surface area (Å²) < 4.78 is 18.0. The number of amides is 1. The first kappa shape index (κ1) is 49.2. The molecular weight excluding hydrogens is 821 g/mol. The molecule has 1 atom stereocenters. The minimum Gasteiger partial charge on any atom is -0.508 e. The van der Waals surface area contributed by atoms with Gasteiger partial charge in [-0.1, -0.05) is 93.7 Å². The molecule has 0 spiro atoms. The summed E-state index contributed by atoms with van der Waals surface area (Å²) in [6.45, 7) is 10.5. The smallest absolute Gasteiger partial charge is 0.334 e. The maximum Gasteiger partial charge on any atom is 0.334 e. The number of phenols is 1. The molecule has 338 valence electrons. The summed E-state index contributed by atoms with van der Waals surface area (Å²) in [5, 5.41) is 13.6. The van der Waals surface area contributed by atoms with Gasteiger partial charge in [0.2, 0.25) is 5.91 Å². The topological polar surface area (TPSA) is 114 Å². The first-order chi connectivity index (χ1) is 31.2. The van der Waals surface area contributed by atoms with Gasteiger partial charge >= 0.3 is 5.97 Å². The summed E-state index contributed by atoms with van der Waals surface area (Å²) in [5.41, 5.74) is 1.80. The predicted molar refractivity (Wildman–Crippen MR) is 261 cm³/mol. The molecule has 4 aromatic rings. The minimum absolute atomic E-state index is 0.122. The van der Waals surface area contributed by atoms with E-state index in [1.807, 2.05) is 38.1 Å². The second-order valence-electron chi connectivity index (χ2n) is 15.8. The summed E-state index contributed by atoms with van der Waals surface area (Å²) in [5.74, 6) is -0.0343. The molecule has 0 radical (unpaired) electrons. The summed E-state index contributed by atoms with van der Waals surface area (Å²) in [4.78, 5) is 43.7. The van der Waals surface area contributed by atoms with Crippen LogP contribution in [0.2, 0.25) is 0 Å². The molecule has 1 aliphatic heterocycles. The number of morpholine rings is 1. The minimum atomic E-state index is -0.840. The third-order valence-electron chi connectivity index (χ3n) is 10.5. The number of fused-ring (bicyclic) bond motifs is 1. The zero-order chi connectivity index (χ0) is 45.4. The van der Waals surface area contributed by atoms with Gasteiger partial charge in [-0.25, -0.2) is 4.79 Å². The lowest BCUT2D eigenvalue weighted by molar-refractivity contribution is -0.140. The number of esters is 1. The maximum absolute atomic E-state index is 14.2. The molecule has 0 aliphatic carbocycles. The first-order valence-corrected chi connectivity index (χ1v) is 23.4. The van der Waals surface area contributed by atoms with E-state index in [9.17, 15) is 19.5 Å². The van der Waals surface area contributed by atoms with Crippen molar-refractivity contribution in [3.05, 3.63) is 151 Å². The summed E-state index contributed by atoms with van der Waals surface area (Å²) >= 11 is 1.40. The number of hydrogen-bond donors (Lipinski definition) is 2. The monoisotopic (exact) mass is 884 g/mol. The largest absolute Gasteiger partial charge is 0.508 e. The number of phenolic OH excluding ortho intramolecular Hbond substituents is 1. The molecule has 9 nitrogen and oxygen atoms in total. The van der Waals surface area contributed by atoms with Crippen molar-refractivity contribution in [3.8, 4) is 27.7 Å². The van der Waals surface area contributed by atoms with E-state index in [4.69, 9.17) is 14.2 Å². The fourth-order valence-corrected chi connectivity index (χ4v) is 8.16. The number of nitrogens with one attached hydrogen (secondary N) is 1. The number of rotatable bonds is 25. The lowest BCUT2D eigenvalue weighted by Crippen LogP contribution is -2.46. The number of aromatic hydroxyl groups is 1. The van der Waals surface area contributed by atoms with Gasteiger partial charge in [0, 0.05) is 52.1 Å². The van der Waals surface area contributed by atoms with Gasteiger partial charge in [0.1, 0.15) is 29.9 Å². The van der Waals surface area contributed by atoms with Crippen molar-refractivity contribution < 1.29 is 33.7 Å². The van der Waals surface area contributed by atoms with Crippen molar-refractivity contribution in [2.45, 2.75) is 78.2 Å². The van der Waals surface area contributed by atoms with Gasteiger partial charge in [-0.15, -0.1) is 11.3 Å². The molecule has 2 N–H and O–H groups in total.